The number of aromatic nitrogens is 2. The van der Waals surface area contributed by atoms with Crippen molar-refractivity contribution in [2.45, 2.75) is 32.2 Å². The molecule has 10 heteroatoms. The molecule has 0 aliphatic heterocycles. The zero-order valence-corrected chi connectivity index (χ0v) is 15.6. The molecule has 0 atom stereocenters. The summed E-state index contributed by atoms with van der Waals surface area (Å²) in [6, 6.07) is 1.73. The number of carbonyl (C=O) groups is 1. The van der Waals surface area contributed by atoms with E-state index < -0.39 is 32.3 Å². The average Bonchev–Trinajstić information content (AvgIpc) is 2.82. The monoisotopic (exact) mass is 385 g/mol. The van der Waals surface area contributed by atoms with Gasteiger partial charge in [-0.2, -0.15) is 5.10 Å². The van der Waals surface area contributed by atoms with Gasteiger partial charge in [0.25, 0.3) is 10.0 Å². The van der Waals surface area contributed by atoms with Gasteiger partial charge in [0.15, 0.2) is 0 Å². The molecule has 0 unspecified atom stereocenters. The average molecular weight is 385 g/mol. The van der Waals surface area contributed by atoms with Gasteiger partial charge in [0.05, 0.1) is 40.7 Å². The first-order valence-corrected chi connectivity index (χ1v) is 9.16. The number of hydrogen-bond acceptors (Lipinski definition) is 5. The molecular weight excluding hydrogens is 365 g/mol. The van der Waals surface area contributed by atoms with Crippen molar-refractivity contribution >= 4 is 21.7 Å². The topological polar surface area (TPSA) is 111 Å². The summed E-state index contributed by atoms with van der Waals surface area (Å²) in [5.74, 6) is -2.31. The lowest BCUT2D eigenvalue weighted by molar-refractivity contribution is 0.0695. The molecule has 26 heavy (non-hydrogen) atoms. The molecule has 8 nitrogen and oxygen atoms in total. The molecule has 1 heterocycles. The number of sulfonamides is 1. The number of benzene rings is 1. The summed E-state index contributed by atoms with van der Waals surface area (Å²) in [5.41, 5.74) is 0.729. The Morgan fingerprint density at radius 1 is 1.35 bits per heavy atom. The van der Waals surface area contributed by atoms with Crippen molar-refractivity contribution in [1.82, 2.24) is 9.78 Å². The summed E-state index contributed by atoms with van der Waals surface area (Å²) in [5, 5.41) is 13.4. The van der Waals surface area contributed by atoms with Crippen LogP contribution in [0.3, 0.4) is 0 Å². The largest absolute Gasteiger partial charge is 0.478 e. The van der Waals surface area contributed by atoms with E-state index in [1.54, 1.807) is 25.6 Å². The van der Waals surface area contributed by atoms with E-state index in [0.29, 0.717) is 24.5 Å². The summed E-state index contributed by atoms with van der Waals surface area (Å²) in [6.07, 6.45) is 0. The van der Waals surface area contributed by atoms with Crippen LogP contribution >= 0.6 is 0 Å². The Bertz CT molecular complexity index is 953. The first-order chi connectivity index (χ1) is 12.1. The van der Waals surface area contributed by atoms with Gasteiger partial charge in [0.1, 0.15) is 5.82 Å². The van der Waals surface area contributed by atoms with E-state index in [2.05, 4.69) is 9.82 Å². The number of rotatable bonds is 7. The minimum atomic E-state index is -4.20. The van der Waals surface area contributed by atoms with Gasteiger partial charge in [-0.1, -0.05) is 0 Å². The molecule has 0 aliphatic rings. The Balaban J connectivity index is 2.44. The number of aryl methyl sites for hydroxylation is 1. The lowest BCUT2D eigenvalue weighted by atomic mass is 10.1. The van der Waals surface area contributed by atoms with Gasteiger partial charge in [-0.3, -0.25) is 9.40 Å². The maximum absolute atomic E-state index is 14.0. The fourth-order valence-electron chi connectivity index (χ4n) is 2.46. The van der Waals surface area contributed by atoms with E-state index in [1.165, 1.54) is 6.92 Å². The Kier molecular flexibility index (Phi) is 5.67. The maximum atomic E-state index is 14.0. The van der Waals surface area contributed by atoms with Crippen LogP contribution < -0.4 is 4.72 Å². The molecule has 0 aliphatic carbocycles. The number of aromatic carboxylic acids is 1. The van der Waals surface area contributed by atoms with E-state index in [9.17, 15) is 17.6 Å². The number of carboxylic acid groups (broad SMARTS) is 1. The molecule has 0 saturated carbocycles. The lowest BCUT2D eigenvalue weighted by Crippen LogP contribution is -2.16. The summed E-state index contributed by atoms with van der Waals surface area (Å²) in [4.78, 5) is 10.7. The van der Waals surface area contributed by atoms with Crippen molar-refractivity contribution in [2.75, 3.05) is 18.4 Å². The molecule has 0 spiro atoms. The van der Waals surface area contributed by atoms with Crippen LogP contribution in [0, 0.1) is 26.6 Å². The van der Waals surface area contributed by atoms with Crippen molar-refractivity contribution in [1.29, 1.82) is 0 Å². The van der Waals surface area contributed by atoms with Crippen LogP contribution in [0.2, 0.25) is 0 Å². The Hall–Kier alpha value is -2.46. The zero-order chi connectivity index (χ0) is 19.6. The number of carboxylic acids is 1. The summed E-state index contributed by atoms with van der Waals surface area (Å²) >= 11 is 0. The normalized spacial score (nSPS) is 11.6. The molecule has 0 amide bonds. The van der Waals surface area contributed by atoms with E-state index in [1.807, 2.05) is 0 Å². The number of hydrogen-bond donors (Lipinski definition) is 2. The fraction of sp³-hybridized carbons (Fsp3) is 0.375. The van der Waals surface area contributed by atoms with Gasteiger partial charge in [-0.25, -0.2) is 17.6 Å². The second-order valence-electron chi connectivity index (χ2n) is 5.75. The summed E-state index contributed by atoms with van der Waals surface area (Å²) < 4.78 is 48.2. The fourth-order valence-corrected chi connectivity index (χ4v) is 3.68. The van der Waals surface area contributed by atoms with Crippen LogP contribution in [-0.2, 0) is 21.3 Å². The molecule has 2 rings (SSSR count). The number of ether oxygens (including phenoxy) is 1. The standard InChI is InChI=1S/C16H20FN3O5S/c1-9-13(16(21)22)7-12(8-14(9)17)26(23,24)19-15-10(2)18-20(11(15)3)5-6-25-4/h7-8,19H,5-6H2,1-4H3,(H,21,22). The third-order valence-electron chi connectivity index (χ3n) is 3.98. The highest BCUT2D eigenvalue weighted by atomic mass is 32.2. The highest BCUT2D eigenvalue weighted by molar-refractivity contribution is 7.92. The van der Waals surface area contributed by atoms with Crippen molar-refractivity contribution < 1.29 is 27.4 Å². The maximum Gasteiger partial charge on any atom is 0.336 e. The van der Waals surface area contributed by atoms with Gasteiger partial charge < -0.3 is 9.84 Å². The number of nitrogens with one attached hydrogen (secondary N) is 1. The van der Waals surface area contributed by atoms with Gasteiger partial charge in [-0.05, 0) is 38.5 Å². The molecule has 0 radical (unpaired) electrons. The van der Waals surface area contributed by atoms with Crippen LogP contribution in [0.15, 0.2) is 17.0 Å². The summed E-state index contributed by atoms with van der Waals surface area (Å²) in [6.45, 7) is 5.43. The predicted octanol–water partition coefficient (Wildman–Crippen LogP) is 2.09. The predicted molar refractivity (Wildman–Crippen MR) is 92.5 cm³/mol. The number of nitrogens with zero attached hydrogens (tertiary/aromatic N) is 2. The molecule has 1 aromatic heterocycles. The first-order valence-electron chi connectivity index (χ1n) is 7.67. The van der Waals surface area contributed by atoms with Crippen LogP contribution in [0.1, 0.15) is 27.3 Å². The van der Waals surface area contributed by atoms with Crippen molar-refractivity contribution in [3.63, 3.8) is 0 Å². The van der Waals surface area contributed by atoms with Crippen molar-refractivity contribution in [3.8, 4) is 0 Å². The van der Waals surface area contributed by atoms with Gasteiger partial charge >= 0.3 is 5.97 Å². The highest BCUT2D eigenvalue weighted by Crippen LogP contribution is 2.25. The molecule has 0 saturated heterocycles. The molecule has 0 bridgehead atoms. The molecule has 2 N–H and O–H groups in total. The zero-order valence-electron chi connectivity index (χ0n) is 14.8. The van der Waals surface area contributed by atoms with Crippen LogP contribution in [0.25, 0.3) is 0 Å². The third-order valence-corrected chi connectivity index (χ3v) is 5.31. The number of methoxy groups -OCH3 is 1. The Labute approximate surface area is 150 Å². The number of halogens is 1. The van der Waals surface area contributed by atoms with E-state index in [4.69, 9.17) is 9.84 Å². The molecule has 142 valence electrons. The SMILES string of the molecule is COCCn1nc(C)c(NS(=O)(=O)c2cc(F)c(C)c(C(=O)O)c2)c1C. The van der Waals surface area contributed by atoms with Crippen LogP contribution in [0.5, 0.6) is 0 Å². The van der Waals surface area contributed by atoms with Crippen molar-refractivity contribution in [2.24, 2.45) is 0 Å². The van der Waals surface area contributed by atoms with E-state index in [-0.39, 0.29) is 11.3 Å². The quantitative estimate of drug-likeness (QED) is 0.755. The first kappa shape index (κ1) is 19.9. The molecule has 1 aromatic carbocycles. The van der Waals surface area contributed by atoms with Crippen molar-refractivity contribution in [3.05, 3.63) is 40.5 Å². The number of anilines is 1. The minimum Gasteiger partial charge on any atom is -0.478 e. The van der Waals surface area contributed by atoms with Crippen LogP contribution in [0.4, 0.5) is 10.1 Å². The highest BCUT2D eigenvalue weighted by Gasteiger charge is 2.23. The second-order valence-corrected chi connectivity index (χ2v) is 7.43. The van der Waals surface area contributed by atoms with Crippen LogP contribution in [-0.4, -0.2) is 43.0 Å². The molecule has 0 fully saturated rings. The Morgan fingerprint density at radius 3 is 2.58 bits per heavy atom. The minimum absolute atomic E-state index is 0.129. The summed E-state index contributed by atoms with van der Waals surface area (Å²) in [7, 11) is -2.66. The molecular formula is C16H20FN3O5S. The lowest BCUT2D eigenvalue weighted by Gasteiger charge is -2.11. The van der Waals surface area contributed by atoms with E-state index in [0.717, 1.165) is 12.1 Å². The second kappa shape index (κ2) is 7.42. The third kappa shape index (κ3) is 3.86. The van der Waals surface area contributed by atoms with Gasteiger partial charge in [0, 0.05) is 7.11 Å². The Morgan fingerprint density at radius 2 is 2.00 bits per heavy atom. The van der Waals surface area contributed by atoms with Gasteiger partial charge in [-0.15, -0.1) is 0 Å². The smallest absolute Gasteiger partial charge is 0.336 e. The molecule has 2 aromatic rings. The van der Waals surface area contributed by atoms with E-state index >= 15 is 0 Å². The van der Waals surface area contributed by atoms with Gasteiger partial charge in [0.2, 0.25) is 0 Å².